The van der Waals surface area contributed by atoms with Gasteiger partial charge in [-0.15, -0.1) is 22.7 Å². The van der Waals surface area contributed by atoms with Gasteiger partial charge in [-0.1, -0.05) is 12.8 Å². The fourth-order valence-electron chi connectivity index (χ4n) is 2.61. The van der Waals surface area contributed by atoms with E-state index >= 15 is 0 Å². The lowest BCUT2D eigenvalue weighted by atomic mass is 10.0. The lowest BCUT2D eigenvalue weighted by Crippen LogP contribution is -2.32. The van der Waals surface area contributed by atoms with Crippen LogP contribution >= 0.6 is 38.6 Å². The van der Waals surface area contributed by atoms with Crippen molar-refractivity contribution in [3.63, 3.8) is 0 Å². The molecule has 0 aromatic carbocycles. The Kier molecular flexibility index (Phi) is 6.02. The molecule has 8 heteroatoms. The first-order valence-corrected chi connectivity index (χ1v) is 10.4. The first-order valence-electron chi connectivity index (χ1n) is 7.94. The number of fused-ring (bicyclic) bond motifs is 1. The Morgan fingerprint density at radius 2 is 1.92 bits per heavy atom. The van der Waals surface area contributed by atoms with Gasteiger partial charge in [-0.2, -0.15) is 0 Å². The molecule has 0 aliphatic heterocycles. The topological polar surface area (TPSA) is 71.1 Å². The molecule has 0 radical (unpaired) electrons. The molecule has 2 aromatic rings. The van der Waals surface area contributed by atoms with Crippen LogP contribution in [0.15, 0.2) is 15.9 Å². The minimum absolute atomic E-state index is 0.0569. The summed E-state index contributed by atoms with van der Waals surface area (Å²) in [6.07, 6.45) is 6.91. The van der Waals surface area contributed by atoms with Crippen molar-refractivity contribution in [3.05, 3.63) is 31.4 Å². The normalized spacial score (nSPS) is 14.4. The van der Waals surface area contributed by atoms with Crippen molar-refractivity contribution in [1.82, 2.24) is 10.3 Å². The molecule has 0 saturated carbocycles. The number of hydrogen-bond acceptors (Lipinski definition) is 5. The van der Waals surface area contributed by atoms with Crippen molar-refractivity contribution in [2.75, 3.05) is 11.9 Å². The molecule has 0 saturated heterocycles. The van der Waals surface area contributed by atoms with Crippen LogP contribution in [-0.4, -0.2) is 23.3 Å². The summed E-state index contributed by atoms with van der Waals surface area (Å²) in [5.74, 6) is -0.493. The molecular weight excluding hydrogens is 410 g/mol. The number of nitrogens with one attached hydrogen (secondary N) is 2. The number of halogens is 1. The highest BCUT2D eigenvalue weighted by Crippen LogP contribution is 2.28. The van der Waals surface area contributed by atoms with Gasteiger partial charge in [0, 0.05) is 4.88 Å². The zero-order valence-corrected chi connectivity index (χ0v) is 16.3. The van der Waals surface area contributed by atoms with E-state index in [9.17, 15) is 9.59 Å². The van der Waals surface area contributed by atoms with Crippen LogP contribution in [0.4, 0.5) is 5.13 Å². The van der Waals surface area contributed by atoms with Gasteiger partial charge < -0.3 is 10.6 Å². The third-order valence-corrected chi connectivity index (χ3v) is 6.49. The predicted octanol–water partition coefficient (Wildman–Crippen LogP) is 3.99. The smallest absolute Gasteiger partial charge is 0.261 e. The second kappa shape index (κ2) is 8.22. The Bertz CT molecular complexity index is 716. The van der Waals surface area contributed by atoms with Gasteiger partial charge in [-0.3, -0.25) is 9.59 Å². The predicted molar refractivity (Wildman–Crippen MR) is 101 cm³/mol. The van der Waals surface area contributed by atoms with E-state index in [1.807, 2.05) is 6.07 Å². The lowest BCUT2D eigenvalue weighted by molar-refractivity contribution is -0.115. The highest BCUT2D eigenvalue weighted by Gasteiger charge is 2.15. The number of thiazole rings is 1. The molecule has 2 amide bonds. The van der Waals surface area contributed by atoms with Gasteiger partial charge in [0.15, 0.2) is 5.13 Å². The summed E-state index contributed by atoms with van der Waals surface area (Å²) < 4.78 is 0.886. The first kappa shape index (κ1) is 17.6. The van der Waals surface area contributed by atoms with Crippen LogP contribution in [0.5, 0.6) is 0 Å². The Morgan fingerprint density at radius 3 is 2.67 bits per heavy atom. The molecule has 1 aliphatic carbocycles. The Hall–Kier alpha value is -1.25. The zero-order valence-electron chi connectivity index (χ0n) is 13.1. The number of aromatic nitrogens is 1. The van der Waals surface area contributed by atoms with Gasteiger partial charge in [0.05, 0.1) is 20.9 Å². The van der Waals surface area contributed by atoms with Crippen molar-refractivity contribution in [3.8, 4) is 0 Å². The summed E-state index contributed by atoms with van der Waals surface area (Å²) in [7, 11) is 0. The van der Waals surface area contributed by atoms with Crippen LogP contribution in [0.3, 0.4) is 0 Å². The van der Waals surface area contributed by atoms with Crippen molar-refractivity contribution in [2.24, 2.45) is 0 Å². The fourth-order valence-corrected chi connectivity index (χ4v) is 4.97. The van der Waals surface area contributed by atoms with E-state index in [0.717, 1.165) is 28.7 Å². The number of rotatable bonds is 4. The number of amides is 2. The molecular formula is C16H18BrN3O2S2. The zero-order chi connectivity index (χ0) is 16.9. The summed E-state index contributed by atoms with van der Waals surface area (Å²) in [5.41, 5.74) is 1.13. The lowest BCUT2D eigenvalue weighted by Gasteiger charge is -2.06. The number of aryl methyl sites for hydroxylation is 2. The second-order valence-corrected chi connectivity index (χ2v) is 9.18. The van der Waals surface area contributed by atoms with Crippen molar-refractivity contribution < 1.29 is 9.59 Å². The van der Waals surface area contributed by atoms with E-state index in [0.29, 0.717) is 10.0 Å². The van der Waals surface area contributed by atoms with Crippen LogP contribution < -0.4 is 10.6 Å². The average molecular weight is 428 g/mol. The van der Waals surface area contributed by atoms with E-state index in [1.54, 1.807) is 17.4 Å². The van der Waals surface area contributed by atoms with Gasteiger partial charge >= 0.3 is 0 Å². The number of nitrogens with zero attached hydrogens (tertiary/aromatic N) is 1. The largest absolute Gasteiger partial charge is 0.342 e. The number of thiophene rings is 1. The van der Waals surface area contributed by atoms with Gasteiger partial charge in [0.1, 0.15) is 0 Å². The van der Waals surface area contributed by atoms with E-state index in [4.69, 9.17) is 0 Å². The molecule has 2 aromatic heterocycles. The van der Waals surface area contributed by atoms with E-state index < -0.39 is 0 Å². The molecule has 0 fully saturated rings. The minimum atomic E-state index is -0.249. The molecule has 24 heavy (non-hydrogen) atoms. The quantitative estimate of drug-likeness (QED) is 0.774. The number of carbonyl (C=O) groups excluding carboxylic acids is 2. The number of carbonyl (C=O) groups is 2. The summed E-state index contributed by atoms with van der Waals surface area (Å²) >= 11 is 6.21. The molecule has 3 rings (SSSR count). The highest BCUT2D eigenvalue weighted by molar-refractivity contribution is 9.11. The summed E-state index contributed by atoms with van der Waals surface area (Å²) in [5, 5.41) is 6.07. The first-order chi connectivity index (χ1) is 11.6. The molecule has 2 heterocycles. The van der Waals surface area contributed by atoms with Crippen molar-refractivity contribution in [1.29, 1.82) is 0 Å². The molecule has 5 nitrogen and oxygen atoms in total. The molecule has 0 unspecified atom stereocenters. The molecule has 0 atom stereocenters. The molecule has 128 valence electrons. The Labute approximate surface area is 157 Å². The van der Waals surface area contributed by atoms with E-state index in [2.05, 4.69) is 31.5 Å². The summed E-state index contributed by atoms with van der Waals surface area (Å²) in [6.45, 7) is -0.0569. The van der Waals surface area contributed by atoms with Crippen LogP contribution in [-0.2, 0) is 17.6 Å². The highest BCUT2D eigenvalue weighted by atomic mass is 79.9. The maximum Gasteiger partial charge on any atom is 0.261 e. The van der Waals surface area contributed by atoms with Crippen LogP contribution in [0.2, 0.25) is 0 Å². The van der Waals surface area contributed by atoms with E-state index in [1.165, 1.54) is 35.5 Å². The molecule has 0 bridgehead atoms. The fraction of sp³-hybridized carbons (Fsp3) is 0.438. The number of anilines is 1. The van der Waals surface area contributed by atoms with Crippen molar-refractivity contribution >= 4 is 55.5 Å². The van der Waals surface area contributed by atoms with Gasteiger partial charge in [0.25, 0.3) is 5.91 Å². The van der Waals surface area contributed by atoms with E-state index in [-0.39, 0.29) is 18.4 Å². The number of hydrogen-bond donors (Lipinski definition) is 2. The Balaban J connectivity index is 1.53. The molecule has 1 aliphatic rings. The van der Waals surface area contributed by atoms with Crippen LogP contribution in [0.25, 0.3) is 0 Å². The average Bonchev–Trinajstić information content (AvgIpc) is 3.12. The minimum Gasteiger partial charge on any atom is -0.342 e. The molecule has 2 N–H and O–H groups in total. The third kappa shape index (κ3) is 4.64. The second-order valence-electron chi connectivity index (χ2n) is 5.64. The maximum absolute atomic E-state index is 12.0. The summed E-state index contributed by atoms with van der Waals surface area (Å²) in [4.78, 5) is 30.4. The standard InChI is InChI=1S/C16H18BrN3O2S2/c17-13-8-7-12(23-13)15(22)18-9-14(21)20-16-19-10-5-3-1-2-4-6-11(10)24-16/h7-8H,1-6,9H2,(H,18,22)(H,19,20,21). The maximum atomic E-state index is 12.0. The summed E-state index contributed by atoms with van der Waals surface area (Å²) in [6, 6.07) is 3.54. The SMILES string of the molecule is O=C(CNC(=O)c1ccc(Br)s1)Nc1nc2c(s1)CCCCCC2. The van der Waals surface area contributed by atoms with Gasteiger partial charge in [-0.05, 0) is 53.7 Å². The van der Waals surface area contributed by atoms with Crippen LogP contribution in [0.1, 0.15) is 45.9 Å². The monoisotopic (exact) mass is 427 g/mol. The Morgan fingerprint density at radius 1 is 1.12 bits per heavy atom. The van der Waals surface area contributed by atoms with Crippen LogP contribution in [0, 0.1) is 0 Å². The van der Waals surface area contributed by atoms with Crippen molar-refractivity contribution in [2.45, 2.75) is 38.5 Å². The van der Waals surface area contributed by atoms with Gasteiger partial charge in [-0.25, -0.2) is 4.98 Å². The van der Waals surface area contributed by atoms with Gasteiger partial charge in [0.2, 0.25) is 5.91 Å². The molecule has 0 spiro atoms. The third-order valence-electron chi connectivity index (χ3n) is 3.80.